The minimum Gasteiger partial charge on any atom is -0.503 e. The fraction of sp³-hybridized carbons (Fsp3) is 0.400. The molecule has 0 spiro atoms. The van der Waals surface area contributed by atoms with Crippen LogP contribution in [-0.2, 0) is 22.6 Å². The topological polar surface area (TPSA) is 68.7 Å². The maximum atomic E-state index is 12.4. The van der Waals surface area contributed by atoms with Crippen LogP contribution in [-0.4, -0.2) is 29.5 Å². The standard InChI is InChI=1S/C10H9F4NO4/c1-18-7(16)2-5-4-15-6(3-11)8(17)9(5)19-10(12,13)14/h4,17H,2-3H2,1H3. The van der Waals surface area contributed by atoms with Crippen LogP contribution < -0.4 is 4.74 Å². The molecule has 0 saturated carbocycles. The molecular formula is C10H9F4NO4. The molecule has 106 valence electrons. The van der Waals surface area contributed by atoms with Gasteiger partial charge in [-0.1, -0.05) is 0 Å². The Bertz CT molecular complexity index is 475. The van der Waals surface area contributed by atoms with Gasteiger partial charge in [0.15, 0.2) is 11.5 Å². The number of hydrogen-bond donors (Lipinski definition) is 1. The van der Waals surface area contributed by atoms with E-state index in [0.717, 1.165) is 13.3 Å². The third kappa shape index (κ3) is 3.97. The molecule has 0 unspecified atom stereocenters. The van der Waals surface area contributed by atoms with Gasteiger partial charge in [-0.3, -0.25) is 9.78 Å². The molecule has 1 heterocycles. The number of methoxy groups -OCH3 is 1. The second-order valence-electron chi connectivity index (χ2n) is 3.34. The molecule has 0 amide bonds. The molecule has 1 rings (SSSR count). The van der Waals surface area contributed by atoms with Gasteiger partial charge in [0.05, 0.1) is 13.5 Å². The smallest absolute Gasteiger partial charge is 0.503 e. The molecular weight excluding hydrogens is 274 g/mol. The predicted molar refractivity (Wildman–Crippen MR) is 53.1 cm³/mol. The van der Waals surface area contributed by atoms with Gasteiger partial charge in [0.2, 0.25) is 0 Å². The molecule has 1 aromatic heterocycles. The molecule has 0 fully saturated rings. The summed E-state index contributed by atoms with van der Waals surface area (Å²) in [7, 11) is 1.04. The van der Waals surface area contributed by atoms with Crippen molar-refractivity contribution < 1.29 is 36.9 Å². The summed E-state index contributed by atoms with van der Waals surface area (Å²) in [5.41, 5.74) is -0.980. The highest BCUT2D eigenvalue weighted by Gasteiger charge is 2.34. The van der Waals surface area contributed by atoms with Crippen molar-refractivity contribution in [3.05, 3.63) is 17.5 Å². The van der Waals surface area contributed by atoms with Crippen LogP contribution in [0.2, 0.25) is 0 Å². The summed E-state index contributed by atoms with van der Waals surface area (Å²) in [5, 5.41) is 9.44. The maximum Gasteiger partial charge on any atom is 0.573 e. The van der Waals surface area contributed by atoms with Crippen LogP contribution in [0.25, 0.3) is 0 Å². The van der Waals surface area contributed by atoms with E-state index >= 15 is 0 Å². The van der Waals surface area contributed by atoms with Gasteiger partial charge in [-0.25, -0.2) is 4.39 Å². The average Bonchev–Trinajstić information content (AvgIpc) is 2.32. The molecule has 0 aromatic carbocycles. The highest BCUT2D eigenvalue weighted by Crippen LogP contribution is 2.37. The molecule has 0 aliphatic rings. The fourth-order valence-corrected chi connectivity index (χ4v) is 1.24. The Balaban J connectivity index is 3.22. The van der Waals surface area contributed by atoms with E-state index in [1.165, 1.54) is 0 Å². The van der Waals surface area contributed by atoms with Gasteiger partial charge < -0.3 is 14.6 Å². The lowest BCUT2D eigenvalue weighted by molar-refractivity contribution is -0.275. The molecule has 0 bridgehead atoms. The van der Waals surface area contributed by atoms with Crippen molar-refractivity contribution in [3.8, 4) is 11.5 Å². The molecule has 0 aliphatic carbocycles. The average molecular weight is 283 g/mol. The van der Waals surface area contributed by atoms with Gasteiger partial charge in [0, 0.05) is 11.8 Å². The molecule has 19 heavy (non-hydrogen) atoms. The van der Waals surface area contributed by atoms with Crippen LogP contribution in [0.5, 0.6) is 11.5 Å². The number of hydrogen-bond acceptors (Lipinski definition) is 5. The van der Waals surface area contributed by atoms with E-state index in [1.807, 2.05) is 0 Å². The monoisotopic (exact) mass is 283 g/mol. The number of esters is 1. The summed E-state index contributed by atoms with van der Waals surface area (Å²) in [6.45, 7) is -1.28. The van der Waals surface area contributed by atoms with E-state index in [9.17, 15) is 27.5 Å². The maximum absolute atomic E-state index is 12.4. The zero-order valence-corrected chi connectivity index (χ0v) is 9.62. The molecule has 5 nitrogen and oxygen atoms in total. The summed E-state index contributed by atoms with van der Waals surface area (Å²) in [6.07, 6.45) is -4.89. The lowest BCUT2D eigenvalue weighted by atomic mass is 10.1. The van der Waals surface area contributed by atoms with Gasteiger partial charge in [-0.05, 0) is 0 Å². The minimum atomic E-state index is -5.10. The quantitative estimate of drug-likeness (QED) is 0.675. The van der Waals surface area contributed by atoms with Gasteiger partial charge in [-0.15, -0.1) is 13.2 Å². The number of ether oxygens (including phenoxy) is 2. The van der Waals surface area contributed by atoms with Crippen LogP contribution in [0, 0.1) is 0 Å². The highest BCUT2D eigenvalue weighted by molar-refractivity contribution is 5.74. The second kappa shape index (κ2) is 5.72. The number of rotatable bonds is 4. The van der Waals surface area contributed by atoms with E-state index in [4.69, 9.17) is 0 Å². The van der Waals surface area contributed by atoms with Gasteiger partial charge in [-0.2, -0.15) is 0 Å². The number of halogens is 4. The van der Waals surface area contributed by atoms with Crippen LogP contribution in [0.4, 0.5) is 17.6 Å². The molecule has 1 aromatic rings. The SMILES string of the molecule is COC(=O)Cc1cnc(CF)c(O)c1OC(F)(F)F. The molecule has 9 heteroatoms. The molecule has 0 saturated heterocycles. The first kappa shape index (κ1) is 15.0. The van der Waals surface area contributed by atoms with Crippen molar-refractivity contribution in [1.82, 2.24) is 4.98 Å². The number of alkyl halides is 4. The third-order valence-electron chi connectivity index (χ3n) is 2.06. The Morgan fingerprint density at radius 2 is 2.11 bits per heavy atom. The van der Waals surface area contributed by atoms with E-state index in [-0.39, 0.29) is 5.56 Å². The minimum absolute atomic E-state index is 0.362. The van der Waals surface area contributed by atoms with Gasteiger partial charge in [0.1, 0.15) is 12.4 Å². The Hall–Kier alpha value is -2.06. The number of nitrogens with zero attached hydrogens (tertiary/aromatic N) is 1. The highest BCUT2D eigenvalue weighted by atomic mass is 19.4. The van der Waals surface area contributed by atoms with Crippen molar-refractivity contribution >= 4 is 5.97 Å². The van der Waals surface area contributed by atoms with Crippen molar-refractivity contribution in [2.75, 3.05) is 7.11 Å². The number of carbonyl (C=O) groups excluding carboxylic acids is 1. The predicted octanol–water partition coefficient (Wildman–Crippen LogP) is 1.87. The lowest BCUT2D eigenvalue weighted by Crippen LogP contribution is -2.19. The second-order valence-corrected chi connectivity index (χ2v) is 3.34. The summed E-state index contributed by atoms with van der Waals surface area (Å²) in [5.74, 6) is -3.01. The van der Waals surface area contributed by atoms with Crippen LogP contribution in [0.1, 0.15) is 11.3 Å². The summed E-state index contributed by atoms with van der Waals surface area (Å²) >= 11 is 0. The van der Waals surface area contributed by atoms with Gasteiger partial charge in [0.25, 0.3) is 0 Å². The Kier molecular flexibility index (Phi) is 4.52. The Morgan fingerprint density at radius 1 is 1.47 bits per heavy atom. The van der Waals surface area contributed by atoms with E-state index in [2.05, 4.69) is 14.5 Å². The van der Waals surface area contributed by atoms with E-state index in [0.29, 0.717) is 0 Å². The first-order valence-electron chi connectivity index (χ1n) is 4.86. The van der Waals surface area contributed by atoms with Crippen molar-refractivity contribution in [1.29, 1.82) is 0 Å². The Morgan fingerprint density at radius 3 is 2.58 bits per heavy atom. The van der Waals surface area contributed by atoms with E-state index in [1.54, 1.807) is 0 Å². The number of carbonyl (C=O) groups is 1. The van der Waals surface area contributed by atoms with Gasteiger partial charge >= 0.3 is 12.3 Å². The number of pyridine rings is 1. The normalized spacial score (nSPS) is 11.2. The number of aromatic nitrogens is 1. The molecule has 0 aliphatic heterocycles. The van der Waals surface area contributed by atoms with Crippen LogP contribution in [0.15, 0.2) is 6.20 Å². The first-order chi connectivity index (χ1) is 8.78. The summed E-state index contributed by atoms with van der Waals surface area (Å²) in [4.78, 5) is 14.4. The molecule has 1 N–H and O–H groups in total. The van der Waals surface area contributed by atoms with Crippen molar-refractivity contribution in [3.63, 3.8) is 0 Å². The van der Waals surface area contributed by atoms with Crippen LogP contribution in [0.3, 0.4) is 0 Å². The summed E-state index contributed by atoms with van der Waals surface area (Å²) < 4.78 is 56.9. The van der Waals surface area contributed by atoms with Crippen LogP contribution >= 0.6 is 0 Å². The Labute approximate surface area is 104 Å². The van der Waals surface area contributed by atoms with E-state index < -0.39 is 42.6 Å². The van der Waals surface area contributed by atoms with Crippen molar-refractivity contribution in [2.24, 2.45) is 0 Å². The molecule has 0 radical (unpaired) electrons. The fourth-order valence-electron chi connectivity index (χ4n) is 1.24. The first-order valence-corrected chi connectivity index (χ1v) is 4.86. The lowest BCUT2D eigenvalue weighted by Gasteiger charge is -2.15. The van der Waals surface area contributed by atoms with Crippen molar-refractivity contribution in [2.45, 2.75) is 19.5 Å². The zero-order chi connectivity index (χ0) is 14.6. The summed E-state index contributed by atoms with van der Waals surface area (Å²) in [6, 6.07) is 0. The zero-order valence-electron chi connectivity index (χ0n) is 9.62. The number of aromatic hydroxyl groups is 1. The third-order valence-corrected chi connectivity index (χ3v) is 2.06. The largest absolute Gasteiger partial charge is 0.573 e. The molecule has 0 atom stereocenters.